The highest BCUT2D eigenvalue weighted by Crippen LogP contribution is 2.25. The van der Waals surface area contributed by atoms with Crippen LogP contribution in [0.2, 0.25) is 0 Å². The molecule has 0 spiro atoms. The van der Waals surface area contributed by atoms with Gasteiger partial charge in [-0.25, -0.2) is 0 Å². The molecular weight excluding hydrogens is 216 g/mol. The summed E-state index contributed by atoms with van der Waals surface area (Å²) in [6.07, 6.45) is 3.64. The third-order valence-electron chi connectivity index (χ3n) is 2.38. The van der Waals surface area contributed by atoms with Crippen molar-refractivity contribution in [3.63, 3.8) is 0 Å². The SMILES string of the molecule is C=CCCCOc1cc(OC)ccc1C(C)=O. The fourth-order valence-electron chi connectivity index (χ4n) is 1.45. The van der Waals surface area contributed by atoms with Gasteiger partial charge in [0.1, 0.15) is 11.5 Å². The maximum atomic E-state index is 11.4. The van der Waals surface area contributed by atoms with E-state index in [0.717, 1.165) is 12.8 Å². The third-order valence-corrected chi connectivity index (χ3v) is 2.38. The number of Topliss-reactive ketones (excluding diaryl/α,β-unsaturated/α-hetero) is 1. The first kappa shape index (κ1) is 13.3. The highest BCUT2D eigenvalue weighted by atomic mass is 16.5. The van der Waals surface area contributed by atoms with Gasteiger partial charge in [-0.05, 0) is 31.9 Å². The zero-order valence-corrected chi connectivity index (χ0v) is 10.4. The highest BCUT2D eigenvalue weighted by Gasteiger charge is 2.09. The van der Waals surface area contributed by atoms with Crippen LogP contribution in [0.5, 0.6) is 11.5 Å². The highest BCUT2D eigenvalue weighted by molar-refractivity contribution is 5.97. The maximum Gasteiger partial charge on any atom is 0.163 e. The molecule has 0 bridgehead atoms. The molecule has 0 unspecified atom stereocenters. The average Bonchev–Trinajstić information content (AvgIpc) is 2.34. The Hall–Kier alpha value is -1.77. The molecule has 0 aliphatic carbocycles. The molecule has 0 atom stereocenters. The topological polar surface area (TPSA) is 35.5 Å². The Morgan fingerprint density at radius 2 is 2.24 bits per heavy atom. The van der Waals surface area contributed by atoms with Gasteiger partial charge in [0.05, 0.1) is 19.3 Å². The molecule has 92 valence electrons. The van der Waals surface area contributed by atoms with Gasteiger partial charge < -0.3 is 9.47 Å². The summed E-state index contributed by atoms with van der Waals surface area (Å²) in [6.45, 7) is 5.74. The number of unbranched alkanes of at least 4 members (excludes halogenated alkanes) is 1. The molecule has 3 heteroatoms. The summed E-state index contributed by atoms with van der Waals surface area (Å²) in [5.41, 5.74) is 0.587. The van der Waals surface area contributed by atoms with Crippen LogP contribution in [0.4, 0.5) is 0 Å². The van der Waals surface area contributed by atoms with Crippen molar-refractivity contribution < 1.29 is 14.3 Å². The second-order valence-corrected chi connectivity index (χ2v) is 3.70. The first-order valence-corrected chi connectivity index (χ1v) is 5.61. The minimum Gasteiger partial charge on any atom is -0.497 e. The summed E-state index contributed by atoms with van der Waals surface area (Å²) in [7, 11) is 1.59. The van der Waals surface area contributed by atoms with Crippen molar-refractivity contribution in [2.75, 3.05) is 13.7 Å². The Balaban J connectivity index is 2.78. The molecule has 1 aromatic carbocycles. The number of methoxy groups -OCH3 is 1. The van der Waals surface area contributed by atoms with Crippen molar-refractivity contribution in [3.05, 3.63) is 36.4 Å². The van der Waals surface area contributed by atoms with Crippen molar-refractivity contribution in [1.29, 1.82) is 0 Å². The van der Waals surface area contributed by atoms with Crippen LogP contribution in [-0.2, 0) is 0 Å². The van der Waals surface area contributed by atoms with E-state index in [2.05, 4.69) is 6.58 Å². The van der Waals surface area contributed by atoms with Gasteiger partial charge in [0, 0.05) is 6.07 Å². The zero-order valence-electron chi connectivity index (χ0n) is 10.4. The first-order valence-electron chi connectivity index (χ1n) is 5.61. The van der Waals surface area contributed by atoms with Gasteiger partial charge in [-0.15, -0.1) is 6.58 Å². The largest absolute Gasteiger partial charge is 0.497 e. The van der Waals surface area contributed by atoms with Crippen LogP contribution in [0, 0.1) is 0 Å². The monoisotopic (exact) mass is 234 g/mol. The second-order valence-electron chi connectivity index (χ2n) is 3.70. The summed E-state index contributed by atoms with van der Waals surface area (Å²) >= 11 is 0. The maximum absolute atomic E-state index is 11.4. The van der Waals surface area contributed by atoms with Gasteiger partial charge in [0.25, 0.3) is 0 Å². The Bertz CT molecular complexity index is 396. The van der Waals surface area contributed by atoms with Crippen molar-refractivity contribution in [1.82, 2.24) is 0 Å². The van der Waals surface area contributed by atoms with E-state index in [9.17, 15) is 4.79 Å². The molecular formula is C14H18O3. The quantitative estimate of drug-likeness (QED) is 0.413. The van der Waals surface area contributed by atoms with Crippen LogP contribution < -0.4 is 9.47 Å². The number of ketones is 1. The van der Waals surface area contributed by atoms with E-state index in [4.69, 9.17) is 9.47 Å². The number of rotatable bonds is 7. The molecule has 0 fully saturated rings. The predicted octanol–water partition coefficient (Wildman–Crippen LogP) is 3.24. The van der Waals surface area contributed by atoms with Crippen LogP contribution in [0.15, 0.2) is 30.9 Å². The predicted molar refractivity (Wildman–Crippen MR) is 67.9 cm³/mol. The molecule has 0 aliphatic heterocycles. The van der Waals surface area contributed by atoms with Crippen molar-refractivity contribution in [2.45, 2.75) is 19.8 Å². The smallest absolute Gasteiger partial charge is 0.163 e. The summed E-state index contributed by atoms with van der Waals surface area (Å²) in [5.74, 6) is 1.26. The number of hydrogen-bond donors (Lipinski definition) is 0. The number of carbonyl (C=O) groups excluding carboxylic acids is 1. The van der Waals surface area contributed by atoms with Crippen LogP contribution in [0.25, 0.3) is 0 Å². The molecule has 0 saturated carbocycles. The number of ether oxygens (including phenoxy) is 2. The molecule has 0 aliphatic rings. The van der Waals surface area contributed by atoms with E-state index < -0.39 is 0 Å². The van der Waals surface area contributed by atoms with Gasteiger partial charge in [-0.3, -0.25) is 4.79 Å². The molecule has 0 N–H and O–H groups in total. The standard InChI is InChI=1S/C14H18O3/c1-4-5-6-9-17-14-10-12(16-3)7-8-13(14)11(2)15/h4,7-8,10H,1,5-6,9H2,2-3H3. The molecule has 3 nitrogen and oxygen atoms in total. The lowest BCUT2D eigenvalue weighted by Crippen LogP contribution is -2.03. The summed E-state index contributed by atoms with van der Waals surface area (Å²) in [4.78, 5) is 11.4. The second kappa shape index (κ2) is 6.74. The van der Waals surface area contributed by atoms with Gasteiger partial charge >= 0.3 is 0 Å². The average molecular weight is 234 g/mol. The fraction of sp³-hybridized carbons (Fsp3) is 0.357. The Morgan fingerprint density at radius 1 is 1.47 bits per heavy atom. The number of carbonyl (C=O) groups is 1. The number of allylic oxidation sites excluding steroid dienone is 1. The molecule has 0 amide bonds. The Labute approximate surface area is 102 Å². The minimum atomic E-state index is -0.00799. The molecule has 0 aromatic heterocycles. The van der Waals surface area contributed by atoms with Gasteiger partial charge in [-0.2, -0.15) is 0 Å². The molecule has 0 heterocycles. The lowest BCUT2D eigenvalue weighted by atomic mass is 10.1. The summed E-state index contributed by atoms with van der Waals surface area (Å²) in [5, 5.41) is 0. The van der Waals surface area contributed by atoms with E-state index in [1.54, 1.807) is 25.3 Å². The summed E-state index contributed by atoms with van der Waals surface area (Å²) < 4.78 is 10.7. The Morgan fingerprint density at radius 3 is 2.82 bits per heavy atom. The van der Waals surface area contributed by atoms with Gasteiger partial charge in [-0.1, -0.05) is 6.08 Å². The fourth-order valence-corrected chi connectivity index (χ4v) is 1.45. The number of benzene rings is 1. The lowest BCUT2D eigenvalue weighted by molar-refractivity contribution is 0.101. The van der Waals surface area contributed by atoms with Crippen molar-refractivity contribution >= 4 is 5.78 Å². The normalized spacial score (nSPS) is 9.76. The molecule has 17 heavy (non-hydrogen) atoms. The van der Waals surface area contributed by atoms with Crippen molar-refractivity contribution in [3.8, 4) is 11.5 Å². The van der Waals surface area contributed by atoms with Crippen LogP contribution in [0.3, 0.4) is 0 Å². The van der Waals surface area contributed by atoms with Crippen LogP contribution in [0.1, 0.15) is 30.1 Å². The Kier molecular flexibility index (Phi) is 5.27. The van der Waals surface area contributed by atoms with E-state index in [1.165, 1.54) is 6.92 Å². The van der Waals surface area contributed by atoms with E-state index in [1.807, 2.05) is 6.08 Å². The molecule has 0 radical (unpaired) electrons. The molecule has 1 aromatic rings. The number of hydrogen-bond acceptors (Lipinski definition) is 3. The summed E-state index contributed by atoms with van der Waals surface area (Å²) in [6, 6.07) is 5.22. The third kappa shape index (κ3) is 3.94. The van der Waals surface area contributed by atoms with Crippen molar-refractivity contribution in [2.24, 2.45) is 0 Å². The van der Waals surface area contributed by atoms with E-state index in [-0.39, 0.29) is 5.78 Å². The van der Waals surface area contributed by atoms with E-state index >= 15 is 0 Å². The van der Waals surface area contributed by atoms with Gasteiger partial charge in [0.2, 0.25) is 0 Å². The van der Waals surface area contributed by atoms with Crippen LogP contribution in [-0.4, -0.2) is 19.5 Å². The van der Waals surface area contributed by atoms with E-state index in [0.29, 0.717) is 23.7 Å². The van der Waals surface area contributed by atoms with Gasteiger partial charge in [0.15, 0.2) is 5.78 Å². The zero-order chi connectivity index (χ0) is 12.7. The lowest BCUT2D eigenvalue weighted by Gasteiger charge is -2.10. The minimum absolute atomic E-state index is 0.00799. The van der Waals surface area contributed by atoms with Crippen LogP contribution >= 0.6 is 0 Å². The first-order chi connectivity index (χ1) is 8.19. The molecule has 0 saturated heterocycles. The molecule has 1 rings (SSSR count).